The number of aromatic amines is 1. The van der Waals surface area contributed by atoms with E-state index in [1.54, 1.807) is 12.3 Å². The lowest BCUT2D eigenvalue weighted by molar-refractivity contribution is -0.142. The highest BCUT2D eigenvalue weighted by Gasteiger charge is 2.48. The quantitative estimate of drug-likeness (QED) is 0.928. The minimum absolute atomic E-state index is 0.169. The molecule has 5 nitrogen and oxygen atoms in total. The average molecular weight is 342 g/mol. The number of hydrogen-bond acceptors (Lipinski definition) is 3. The number of nitrogens with one attached hydrogen (secondary N) is 1. The van der Waals surface area contributed by atoms with E-state index < -0.39 is 5.41 Å². The summed E-state index contributed by atoms with van der Waals surface area (Å²) in [6, 6.07) is 6.57. The monoisotopic (exact) mass is 342 g/mol. The summed E-state index contributed by atoms with van der Waals surface area (Å²) < 4.78 is 13.7. The Bertz CT molecular complexity index is 734. The summed E-state index contributed by atoms with van der Waals surface area (Å²) in [5.41, 5.74) is 0.326. The van der Waals surface area contributed by atoms with Gasteiger partial charge in [0.1, 0.15) is 11.6 Å². The van der Waals surface area contributed by atoms with Crippen molar-refractivity contribution in [2.24, 2.45) is 0 Å². The lowest BCUT2D eigenvalue weighted by atomic mass is 9.63. The molecule has 4 rings (SSSR count). The Morgan fingerprint density at radius 2 is 2.04 bits per heavy atom. The first-order valence-electron chi connectivity index (χ1n) is 8.93. The van der Waals surface area contributed by atoms with E-state index in [1.165, 1.54) is 12.1 Å². The van der Waals surface area contributed by atoms with Crippen LogP contribution < -0.4 is 0 Å². The van der Waals surface area contributed by atoms with Crippen LogP contribution in [0.2, 0.25) is 0 Å². The summed E-state index contributed by atoms with van der Waals surface area (Å²) >= 11 is 0. The largest absolute Gasteiger partial charge is 0.348 e. The third-order valence-corrected chi connectivity index (χ3v) is 5.58. The van der Waals surface area contributed by atoms with Gasteiger partial charge in [-0.25, -0.2) is 9.37 Å². The van der Waals surface area contributed by atoms with Crippen molar-refractivity contribution in [1.29, 1.82) is 0 Å². The zero-order valence-electron chi connectivity index (χ0n) is 14.2. The number of rotatable bonds is 4. The second-order valence-corrected chi connectivity index (χ2v) is 7.05. The van der Waals surface area contributed by atoms with Crippen molar-refractivity contribution in [3.8, 4) is 0 Å². The molecule has 2 aliphatic rings. The van der Waals surface area contributed by atoms with Crippen LogP contribution in [-0.4, -0.2) is 51.9 Å². The summed E-state index contributed by atoms with van der Waals surface area (Å²) in [4.78, 5) is 24.8. The smallest absolute Gasteiger partial charge is 0.233 e. The summed E-state index contributed by atoms with van der Waals surface area (Å²) in [6.45, 7) is 3.90. The fourth-order valence-corrected chi connectivity index (χ4v) is 3.95. The lowest BCUT2D eigenvalue weighted by Crippen LogP contribution is -2.56. The maximum absolute atomic E-state index is 13.7. The minimum atomic E-state index is -0.509. The molecule has 132 valence electrons. The summed E-state index contributed by atoms with van der Waals surface area (Å²) in [7, 11) is 0. The molecule has 6 heteroatoms. The number of nitrogens with zero attached hydrogens (tertiary/aromatic N) is 3. The van der Waals surface area contributed by atoms with Crippen molar-refractivity contribution >= 4 is 5.91 Å². The van der Waals surface area contributed by atoms with Gasteiger partial charge >= 0.3 is 0 Å². The van der Waals surface area contributed by atoms with Gasteiger partial charge in [0.15, 0.2) is 0 Å². The summed E-state index contributed by atoms with van der Waals surface area (Å²) in [5, 5.41) is 0. The Balaban J connectivity index is 1.42. The standard InChI is InChI=1S/C19H23FN4O/c20-16-4-1-3-15(13-16)19(5-2-6-19)18(25)24-11-9-23(10-12-24)14-17-21-7-8-22-17/h1,3-4,7-8,13H,2,5-6,9-12,14H2,(H,21,22). The van der Waals surface area contributed by atoms with Gasteiger partial charge in [-0.15, -0.1) is 0 Å². The number of amides is 1. The molecule has 1 amide bonds. The van der Waals surface area contributed by atoms with Gasteiger partial charge in [0.25, 0.3) is 0 Å². The predicted molar refractivity (Wildman–Crippen MR) is 92.4 cm³/mol. The second-order valence-electron chi connectivity index (χ2n) is 7.05. The van der Waals surface area contributed by atoms with Crippen molar-refractivity contribution in [1.82, 2.24) is 19.8 Å². The van der Waals surface area contributed by atoms with Crippen molar-refractivity contribution in [3.05, 3.63) is 53.9 Å². The number of benzene rings is 1. The Morgan fingerprint density at radius 3 is 2.64 bits per heavy atom. The average Bonchev–Trinajstić information content (AvgIpc) is 3.07. The molecule has 2 fully saturated rings. The first-order chi connectivity index (χ1) is 12.2. The molecule has 1 aliphatic heterocycles. The number of piperazine rings is 1. The number of halogens is 1. The lowest BCUT2D eigenvalue weighted by Gasteiger charge is -2.46. The molecule has 0 radical (unpaired) electrons. The highest BCUT2D eigenvalue weighted by Crippen LogP contribution is 2.45. The zero-order chi connectivity index (χ0) is 17.3. The van der Waals surface area contributed by atoms with Gasteiger partial charge in [0.2, 0.25) is 5.91 Å². The molecule has 1 N–H and O–H groups in total. The van der Waals surface area contributed by atoms with Crippen LogP contribution in [-0.2, 0) is 16.8 Å². The van der Waals surface area contributed by atoms with Crippen LogP contribution in [0, 0.1) is 5.82 Å². The fourth-order valence-electron chi connectivity index (χ4n) is 3.95. The van der Waals surface area contributed by atoms with Crippen LogP contribution in [0.3, 0.4) is 0 Å². The third kappa shape index (κ3) is 3.06. The number of imidazole rings is 1. The number of carbonyl (C=O) groups excluding carboxylic acids is 1. The third-order valence-electron chi connectivity index (χ3n) is 5.58. The van der Waals surface area contributed by atoms with Crippen LogP contribution in [0.4, 0.5) is 4.39 Å². The molecule has 1 saturated carbocycles. The summed E-state index contributed by atoms with van der Waals surface area (Å²) in [5.74, 6) is 0.858. The molecule has 1 saturated heterocycles. The molecule has 0 atom stereocenters. The van der Waals surface area contributed by atoms with Crippen molar-refractivity contribution in [3.63, 3.8) is 0 Å². The number of carbonyl (C=O) groups is 1. The Morgan fingerprint density at radius 1 is 1.24 bits per heavy atom. The van der Waals surface area contributed by atoms with Gasteiger partial charge in [-0.1, -0.05) is 18.6 Å². The second kappa shape index (κ2) is 6.59. The Labute approximate surface area is 146 Å². The molecule has 1 aliphatic carbocycles. The van der Waals surface area contributed by atoms with Crippen LogP contribution in [0.1, 0.15) is 30.7 Å². The molecule has 1 aromatic heterocycles. The zero-order valence-corrected chi connectivity index (χ0v) is 14.2. The van der Waals surface area contributed by atoms with Crippen molar-refractivity contribution in [2.45, 2.75) is 31.2 Å². The summed E-state index contributed by atoms with van der Waals surface area (Å²) in [6.07, 6.45) is 6.26. The Kier molecular flexibility index (Phi) is 4.29. The van der Waals surface area contributed by atoms with E-state index >= 15 is 0 Å². The van der Waals surface area contributed by atoms with Gasteiger partial charge in [-0.3, -0.25) is 9.69 Å². The molecule has 0 unspecified atom stereocenters. The maximum atomic E-state index is 13.7. The number of aromatic nitrogens is 2. The van der Waals surface area contributed by atoms with E-state index in [1.807, 2.05) is 17.2 Å². The minimum Gasteiger partial charge on any atom is -0.348 e. The fraction of sp³-hybridized carbons (Fsp3) is 0.474. The normalized spacial score (nSPS) is 20.3. The maximum Gasteiger partial charge on any atom is 0.233 e. The molecule has 25 heavy (non-hydrogen) atoms. The highest BCUT2D eigenvalue weighted by atomic mass is 19.1. The highest BCUT2D eigenvalue weighted by molar-refractivity contribution is 5.89. The van der Waals surface area contributed by atoms with Crippen LogP contribution in [0.5, 0.6) is 0 Å². The van der Waals surface area contributed by atoms with Crippen LogP contribution in [0.15, 0.2) is 36.7 Å². The van der Waals surface area contributed by atoms with E-state index in [4.69, 9.17) is 0 Å². The van der Waals surface area contributed by atoms with Gasteiger partial charge < -0.3 is 9.88 Å². The topological polar surface area (TPSA) is 52.2 Å². The van der Waals surface area contributed by atoms with Crippen molar-refractivity contribution < 1.29 is 9.18 Å². The van der Waals surface area contributed by atoms with E-state index in [0.29, 0.717) is 0 Å². The van der Waals surface area contributed by atoms with E-state index in [9.17, 15) is 9.18 Å². The first kappa shape index (κ1) is 16.3. The Hall–Kier alpha value is -2.21. The van der Waals surface area contributed by atoms with Gasteiger partial charge in [-0.05, 0) is 30.5 Å². The van der Waals surface area contributed by atoms with E-state index in [2.05, 4.69) is 14.9 Å². The van der Waals surface area contributed by atoms with Crippen molar-refractivity contribution in [2.75, 3.05) is 26.2 Å². The van der Waals surface area contributed by atoms with Gasteiger partial charge in [0, 0.05) is 38.6 Å². The molecule has 0 spiro atoms. The van der Waals surface area contributed by atoms with Gasteiger partial charge in [0.05, 0.1) is 12.0 Å². The molecule has 1 aromatic carbocycles. The van der Waals surface area contributed by atoms with Gasteiger partial charge in [-0.2, -0.15) is 0 Å². The SMILES string of the molecule is O=C(N1CCN(Cc2ncc[nH]2)CC1)C1(c2cccc(F)c2)CCC1. The molecular formula is C19H23FN4O. The predicted octanol–water partition coefficient (Wildman–Crippen LogP) is 2.31. The first-order valence-corrected chi connectivity index (χ1v) is 8.93. The van der Waals surface area contributed by atoms with Crippen LogP contribution in [0.25, 0.3) is 0 Å². The molecular weight excluding hydrogens is 319 g/mol. The van der Waals surface area contributed by atoms with E-state index in [0.717, 1.165) is 63.4 Å². The van der Waals surface area contributed by atoms with Crippen LogP contribution >= 0.6 is 0 Å². The molecule has 2 aromatic rings. The number of hydrogen-bond donors (Lipinski definition) is 1. The molecule has 2 heterocycles. The molecule has 0 bridgehead atoms. The van der Waals surface area contributed by atoms with E-state index in [-0.39, 0.29) is 11.7 Å². The number of H-pyrrole nitrogens is 1.